The van der Waals surface area contributed by atoms with Crippen LogP contribution in [0.15, 0.2) is 0 Å². The Morgan fingerprint density at radius 3 is 2.35 bits per heavy atom. The van der Waals surface area contributed by atoms with Crippen molar-refractivity contribution in [3.63, 3.8) is 0 Å². The van der Waals surface area contributed by atoms with E-state index in [1.807, 2.05) is 46.4 Å². The second-order valence-electron chi connectivity index (χ2n) is 7.97. The molecule has 1 atom stereocenters. The molecule has 2 amide bonds. The fourth-order valence-electron chi connectivity index (χ4n) is 3.22. The van der Waals surface area contributed by atoms with Crippen LogP contribution in [-0.2, 0) is 14.3 Å². The van der Waals surface area contributed by atoms with Crippen LogP contribution in [0, 0.1) is 0 Å². The maximum absolute atomic E-state index is 12.2. The highest BCUT2D eigenvalue weighted by molar-refractivity contribution is 5.81. The number of amides is 2. The minimum atomic E-state index is -0.483. The van der Waals surface area contributed by atoms with Crippen molar-refractivity contribution in [1.29, 1.82) is 0 Å². The van der Waals surface area contributed by atoms with Crippen molar-refractivity contribution >= 4 is 12.0 Å². The van der Waals surface area contributed by atoms with Crippen molar-refractivity contribution in [1.82, 2.24) is 9.80 Å². The number of nitrogens with zero attached hydrogens (tertiary/aromatic N) is 2. The minimum absolute atomic E-state index is 0.0557. The van der Waals surface area contributed by atoms with Crippen LogP contribution in [0.3, 0.4) is 0 Å². The van der Waals surface area contributed by atoms with Crippen molar-refractivity contribution in [2.24, 2.45) is 0 Å². The van der Waals surface area contributed by atoms with Crippen LogP contribution in [0.4, 0.5) is 4.79 Å². The van der Waals surface area contributed by atoms with Crippen LogP contribution in [0.25, 0.3) is 0 Å². The molecule has 0 bridgehead atoms. The number of morpholine rings is 1. The molecule has 0 aromatic heterocycles. The molecule has 0 N–H and O–H groups in total. The lowest BCUT2D eigenvalue weighted by atomic mass is 9.88. The van der Waals surface area contributed by atoms with E-state index in [0.717, 1.165) is 12.8 Å². The van der Waals surface area contributed by atoms with E-state index in [1.54, 1.807) is 4.90 Å². The zero-order valence-corrected chi connectivity index (χ0v) is 15.2. The molecule has 0 radical (unpaired) electrons. The summed E-state index contributed by atoms with van der Waals surface area (Å²) >= 11 is 0. The molecule has 0 aromatic rings. The number of carbonyl (C=O) groups excluding carboxylic acids is 2. The molecular weight excluding hydrogens is 296 g/mol. The van der Waals surface area contributed by atoms with E-state index in [9.17, 15) is 9.59 Å². The summed E-state index contributed by atoms with van der Waals surface area (Å²) in [5, 5.41) is 0. The Kier molecular flexibility index (Phi) is 4.95. The van der Waals surface area contributed by atoms with Gasteiger partial charge in [-0.25, -0.2) is 4.79 Å². The molecule has 132 valence electrons. The van der Waals surface area contributed by atoms with Crippen molar-refractivity contribution in [3.05, 3.63) is 0 Å². The molecule has 0 unspecified atom stereocenters. The maximum atomic E-state index is 12.2. The van der Waals surface area contributed by atoms with Crippen molar-refractivity contribution in [3.8, 4) is 0 Å². The number of carbonyl (C=O) groups is 2. The number of hydrogen-bond donors (Lipinski definition) is 0. The molecule has 6 nitrogen and oxygen atoms in total. The van der Waals surface area contributed by atoms with Gasteiger partial charge >= 0.3 is 6.09 Å². The lowest BCUT2D eigenvalue weighted by Gasteiger charge is -2.50. The van der Waals surface area contributed by atoms with Gasteiger partial charge in [0.25, 0.3) is 5.91 Å². The highest BCUT2D eigenvalue weighted by Crippen LogP contribution is 2.34. The van der Waals surface area contributed by atoms with E-state index in [2.05, 4.69) is 0 Å². The molecule has 0 saturated carbocycles. The number of hydrogen-bond acceptors (Lipinski definition) is 4. The second kappa shape index (κ2) is 6.30. The Labute approximate surface area is 139 Å². The van der Waals surface area contributed by atoms with Crippen LogP contribution in [-0.4, -0.2) is 64.8 Å². The zero-order chi connectivity index (χ0) is 17.4. The first-order valence-corrected chi connectivity index (χ1v) is 8.49. The summed E-state index contributed by atoms with van der Waals surface area (Å²) < 4.78 is 11.5. The van der Waals surface area contributed by atoms with Crippen molar-refractivity contribution in [2.45, 2.75) is 77.7 Å². The summed E-state index contributed by atoms with van der Waals surface area (Å²) in [5.41, 5.74) is -0.820. The first-order chi connectivity index (χ1) is 10.5. The second-order valence-corrected chi connectivity index (χ2v) is 7.97. The van der Waals surface area contributed by atoms with Gasteiger partial charge < -0.3 is 19.3 Å². The molecule has 0 aliphatic carbocycles. The van der Waals surface area contributed by atoms with Gasteiger partial charge in [-0.2, -0.15) is 0 Å². The SMILES string of the molecule is CC(C)N1CC2(CCN(C(=O)OC(C)(C)C)CC2)O[C@@H](C)C1=O. The first kappa shape index (κ1) is 18.0. The Morgan fingerprint density at radius 1 is 1.30 bits per heavy atom. The fraction of sp³-hybridized carbons (Fsp3) is 0.882. The Hall–Kier alpha value is -1.30. The van der Waals surface area contributed by atoms with Crippen molar-refractivity contribution in [2.75, 3.05) is 19.6 Å². The lowest BCUT2D eigenvalue weighted by Crippen LogP contribution is -2.63. The van der Waals surface area contributed by atoms with Crippen LogP contribution < -0.4 is 0 Å². The van der Waals surface area contributed by atoms with Gasteiger partial charge in [0.05, 0.1) is 12.1 Å². The molecule has 2 aliphatic heterocycles. The molecule has 2 saturated heterocycles. The molecule has 2 heterocycles. The summed E-state index contributed by atoms with van der Waals surface area (Å²) in [6, 6.07) is 0.162. The summed E-state index contributed by atoms with van der Waals surface area (Å²) in [4.78, 5) is 28.0. The Bertz CT molecular complexity index is 462. The van der Waals surface area contributed by atoms with Crippen LogP contribution >= 0.6 is 0 Å². The van der Waals surface area contributed by atoms with Gasteiger partial charge in [0.15, 0.2) is 0 Å². The molecular formula is C17H30N2O4. The third kappa shape index (κ3) is 4.16. The van der Waals surface area contributed by atoms with Gasteiger partial charge in [-0.3, -0.25) is 4.79 Å². The largest absolute Gasteiger partial charge is 0.444 e. The summed E-state index contributed by atoms with van der Waals surface area (Å²) in [5.74, 6) is 0.0557. The van der Waals surface area contributed by atoms with Gasteiger partial charge in [0.2, 0.25) is 0 Å². The fourth-order valence-corrected chi connectivity index (χ4v) is 3.22. The topological polar surface area (TPSA) is 59.1 Å². The van der Waals surface area contributed by atoms with E-state index in [1.165, 1.54) is 0 Å². The monoisotopic (exact) mass is 326 g/mol. The smallest absolute Gasteiger partial charge is 0.410 e. The van der Waals surface area contributed by atoms with Gasteiger partial charge in [-0.05, 0) is 54.4 Å². The highest BCUT2D eigenvalue weighted by Gasteiger charge is 2.46. The Morgan fingerprint density at radius 2 is 1.87 bits per heavy atom. The molecule has 2 aliphatic rings. The van der Waals surface area contributed by atoms with E-state index in [-0.39, 0.29) is 23.6 Å². The standard InChI is InChI=1S/C17H30N2O4/c1-12(2)19-11-17(22-13(3)14(19)20)7-9-18(10-8-17)15(21)23-16(4,5)6/h12-13H,7-11H2,1-6H3/t13-/m0/s1. The minimum Gasteiger partial charge on any atom is -0.444 e. The quantitative estimate of drug-likeness (QED) is 0.742. The predicted molar refractivity (Wildman–Crippen MR) is 87.2 cm³/mol. The lowest BCUT2D eigenvalue weighted by molar-refractivity contribution is -0.192. The van der Waals surface area contributed by atoms with Gasteiger partial charge in [-0.1, -0.05) is 0 Å². The summed E-state index contributed by atoms with van der Waals surface area (Å²) in [6.45, 7) is 13.3. The summed E-state index contributed by atoms with van der Waals surface area (Å²) in [7, 11) is 0. The van der Waals surface area contributed by atoms with E-state index in [4.69, 9.17) is 9.47 Å². The third-order valence-electron chi connectivity index (χ3n) is 4.47. The van der Waals surface area contributed by atoms with Gasteiger partial charge in [0.1, 0.15) is 11.7 Å². The van der Waals surface area contributed by atoms with Crippen LogP contribution in [0.2, 0.25) is 0 Å². The molecule has 1 spiro atoms. The van der Waals surface area contributed by atoms with Gasteiger partial charge in [0, 0.05) is 19.1 Å². The molecule has 2 fully saturated rings. The van der Waals surface area contributed by atoms with Crippen molar-refractivity contribution < 1.29 is 19.1 Å². The molecule has 6 heteroatoms. The van der Waals surface area contributed by atoms with Crippen LogP contribution in [0.5, 0.6) is 0 Å². The first-order valence-electron chi connectivity index (χ1n) is 8.49. The maximum Gasteiger partial charge on any atom is 0.410 e. The van der Waals surface area contributed by atoms with Crippen LogP contribution in [0.1, 0.15) is 54.4 Å². The average Bonchev–Trinajstić information content (AvgIpc) is 2.41. The number of piperidine rings is 1. The molecule has 23 heavy (non-hydrogen) atoms. The number of likely N-dealkylation sites (tertiary alicyclic amines) is 1. The van der Waals surface area contributed by atoms with E-state index >= 15 is 0 Å². The number of rotatable bonds is 1. The van der Waals surface area contributed by atoms with E-state index < -0.39 is 11.7 Å². The zero-order valence-electron chi connectivity index (χ0n) is 15.2. The Balaban J connectivity index is 2.00. The predicted octanol–water partition coefficient (Wildman–Crippen LogP) is 2.41. The van der Waals surface area contributed by atoms with Gasteiger partial charge in [-0.15, -0.1) is 0 Å². The summed E-state index contributed by atoms with van der Waals surface area (Å²) in [6.07, 6.45) is 0.771. The third-order valence-corrected chi connectivity index (χ3v) is 4.47. The average molecular weight is 326 g/mol. The van der Waals surface area contributed by atoms with E-state index in [0.29, 0.717) is 19.6 Å². The highest BCUT2D eigenvalue weighted by atomic mass is 16.6. The number of ether oxygens (including phenoxy) is 2. The molecule has 2 rings (SSSR count). The molecule has 0 aromatic carbocycles. The normalized spacial score (nSPS) is 25.2.